The highest BCUT2D eigenvalue weighted by Crippen LogP contribution is 2.35. The quantitative estimate of drug-likeness (QED) is 0.421. The summed E-state index contributed by atoms with van der Waals surface area (Å²) in [4.78, 5) is 24.7. The number of benzene rings is 1. The summed E-state index contributed by atoms with van der Waals surface area (Å²) in [6.07, 6.45) is 1.37. The molecular formula is C23H17F2N7O2. The third-order valence-electron chi connectivity index (χ3n) is 5.31. The molecule has 0 unspecified atom stereocenters. The number of hydrogen-bond acceptors (Lipinski definition) is 7. The highest BCUT2D eigenvalue weighted by molar-refractivity contribution is 5.90. The van der Waals surface area contributed by atoms with Gasteiger partial charge in [0.25, 0.3) is 0 Å². The predicted octanol–water partition coefficient (Wildman–Crippen LogP) is 2.49. The largest absolute Gasteiger partial charge is 0.378 e. The van der Waals surface area contributed by atoms with E-state index in [9.17, 15) is 18.7 Å². The van der Waals surface area contributed by atoms with Crippen molar-refractivity contribution >= 4 is 11.6 Å². The molecule has 170 valence electrons. The fourth-order valence-corrected chi connectivity index (χ4v) is 3.63. The van der Waals surface area contributed by atoms with Gasteiger partial charge < -0.3 is 15.4 Å². The number of nitrogens with two attached hydrogens (primary N) is 1. The lowest BCUT2D eigenvalue weighted by Crippen LogP contribution is -2.14. The van der Waals surface area contributed by atoms with Crippen LogP contribution in [-0.4, -0.2) is 34.2 Å². The molecule has 0 aliphatic heterocycles. The van der Waals surface area contributed by atoms with E-state index in [2.05, 4.69) is 20.1 Å². The van der Waals surface area contributed by atoms with E-state index in [0.717, 1.165) is 0 Å². The molecule has 9 nitrogen and oxygen atoms in total. The van der Waals surface area contributed by atoms with Gasteiger partial charge in [-0.25, -0.2) is 18.7 Å². The number of aliphatic hydroxyl groups excluding tert-OH is 1. The van der Waals surface area contributed by atoms with Crippen molar-refractivity contribution in [2.45, 2.75) is 6.10 Å². The first-order valence-corrected chi connectivity index (χ1v) is 10.1. The average molecular weight is 461 g/mol. The van der Waals surface area contributed by atoms with Crippen LogP contribution in [0.15, 0.2) is 65.7 Å². The number of rotatable bonds is 4. The Bertz CT molecular complexity index is 1600. The zero-order valence-electron chi connectivity index (χ0n) is 17.7. The minimum absolute atomic E-state index is 0.0599. The minimum atomic E-state index is -1.57. The number of pyridine rings is 2. The van der Waals surface area contributed by atoms with Gasteiger partial charge in [0.15, 0.2) is 17.6 Å². The molecule has 34 heavy (non-hydrogen) atoms. The molecule has 5 rings (SSSR count). The lowest BCUT2D eigenvalue weighted by atomic mass is 10.0. The summed E-state index contributed by atoms with van der Waals surface area (Å²) in [6, 6.07) is 11.2. The van der Waals surface area contributed by atoms with Crippen LogP contribution in [0.2, 0.25) is 0 Å². The van der Waals surface area contributed by atoms with Crippen LogP contribution in [0.3, 0.4) is 0 Å². The number of aryl methyl sites for hydroxylation is 1. The molecule has 0 amide bonds. The second-order valence-electron chi connectivity index (χ2n) is 7.55. The Morgan fingerprint density at radius 1 is 1.03 bits per heavy atom. The summed E-state index contributed by atoms with van der Waals surface area (Å²) in [5.41, 5.74) is 7.78. The van der Waals surface area contributed by atoms with Gasteiger partial charge in [0.2, 0.25) is 11.5 Å². The van der Waals surface area contributed by atoms with Crippen LogP contribution in [0, 0.1) is 11.6 Å². The number of hydrogen-bond donors (Lipinski definition) is 2. The van der Waals surface area contributed by atoms with Gasteiger partial charge in [-0.1, -0.05) is 0 Å². The van der Waals surface area contributed by atoms with Crippen LogP contribution in [-0.2, 0) is 7.05 Å². The number of anilines is 1. The molecule has 0 spiro atoms. The van der Waals surface area contributed by atoms with E-state index in [1.165, 1.54) is 57.7 Å². The summed E-state index contributed by atoms with van der Waals surface area (Å²) in [5.74, 6) is -1.35. The fraction of sp³-hybridized carbons (Fsp3) is 0.0870. The summed E-state index contributed by atoms with van der Waals surface area (Å²) in [7, 11) is 1.59. The van der Waals surface area contributed by atoms with Crippen molar-refractivity contribution in [3.63, 3.8) is 0 Å². The molecule has 11 heteroatoms. The zero-order chi connectivity index (χ0) is 24.0. The van der Waals surface area contributed by atoms with Crippen molar-refractivity contribution in [3.8, 4) is 22.4 Å². The smallest absolute Gasteiger partial charge is 0.250 e. The Morgan fingerprint density at radius 3 is 2.47 bits per heavy atom. The molecular weight excluding hydrogens is 444 g/mol. The van der Waals surface area contributed by atoms with E-state index in [1.54, 1.807) is 19.3 Å². The molecule has 0 fully saturated rings. The third kappa shape index (κ3) is 3.57. The molecule has 4 heterocycles. The first-order valence-electron chi connectivity index (χ1n) is 10.1. The molecule has 1 atom stereocenters. The Hall–Kier alpha value is -4.51. The number of aliphatic hydroxyl groups is 1. The highest BCUT2D eigenvalue weighted by Gasteiger charge is 2.25. The van der Waals surface area contributed by atoms with Crippen LogP contribution < -0.4 is 11.3 Å². The van der Waals surface area contributed by atoms with Gasteiger partial charge in [0.1, 0.15) is 17.3 Å². The Labute approximate surface area is 190 Å². The molecule has 3 N–H and O–H groups in total. The van der Waals surface area contributed by atoms with Crippen LogP contribution in [0.1, 0.15) is 17.6 Å². The standard InChI is InChI=1S/C23H17F2N7O2/c1-31-11-13(6-9-16(31)33)17-18(12-4-7-14(24)8-5-12)28-23(26)32-22(17)29-21(30-32)20(34)19-15(25)3-2-10-27-19/h2-11,20,34H,1H3,(H2,26,28)/t20-/m1/s1. The second-order valence-corrected chi connectivity index (χ2v) is 7.55. The topological polar surface area (TPSA) is 124 Å². The number of nitrogen functional groups attached to an aromatic ring is 1. The van der Waals surface area contributed by atoms with Crippen LogP contribution in [0.5, 0.6) is 0 Å². The zero-order valence-corrected chi connectivity index (χ0v) is 17.7. The molecule has 0 aliphatic carbocycles. The number of nitrogens with zero attached hydrogens (tertiary/aromatic N) is 6. The average Bonchev–Trinajstić information content (AvgIpc) is 3.27. The Morgan fingerprint density at radius 2 is 1.76 bits per heavy atom. The van der Waals surface area contributed by atoms with Crippen molar-refractivity contribution in [2.75, 3.05) is 5.73 Å². The van der Waals surface area contributed by atoms with E-state index >= 15 is 0 Å². The van der Waals surface area contributed by atoms with Crippen LogP contribution in [0.4, 0.5) is 14.7 Å². The van der Waals surface area contributed by atoms with Gasteiger partial charge in [-0.15, -0.1) is 5.10 Å². The molecule has 1 aromatic carbocycles. The van der Waals surface area contributed by atoms with E-state index in [1.807, 2.05) is 0 Å². The van der Waals surface area contributed by atoms with Gasteiger partial charge in [0, 0.05) is 36.6 Å². The summed E-state index contributed by atoms with van der Waals surface area (Å²) < 4.78 is 30.4. The van der Waals surface area contributed by atoms with E-state index in [0.29, 0.717) is 22.4 Å². The van der Waals surface area contributed by atoms with Crippen molar-refractivity contribution in [1.82, 2.24) is 29.1 Å². The lowest BCUT2D eigenvalue weighted by Gasteiger charge is -2.12. The van der Waals surface area contributed by atoms with Crippen molar-refractivity contribution in [2.24, 2.45) is 7.05 Å². The van der Waals surface area contributed by atoms with Crippen molar-refractivity contribution in [1.29, 1.82) is 0 Å². The third-order valence-corrected chi connectivity index (χ3v) is 5.31. The Kier molecular flexibility index (Phi) is 5.10. The minimum Gasteiger partial charge on any atom is -0.378 e. The number of fused-ring (bicyclic) bond motifs is 1. The van der Waals surface area contributed by atoms with Gasteiger partial charge >= 0.3 is 0 Å². The summed E-state index contributed by atoms with van der Waals surface area (Å²) >= 11 is 0. The molecule has 5 aromatic rings. The van der Waals surface area contributed by atoms with E-state index in [4.69, 9.17) is 5.73 Å². The molecule has 0 aliphatic rings. The highest BCUT2D eigenvalue weighted by atomic mass is 19.1. The summed E-state index contributed by atoms with van der Waals surface area (Å²) in [6.45, 7) is 0. The van der Waals surface area contributed by atoms with Crippen molar-refractivity contribution in [3.05, 3.63) is 94.4 Å². The van der Waals surface area contributed by atoms with Crippen LogP contribution >= 0.6 is 0 Å². The van der Waals surface area contributed by atoms with E-state index < -0.39 is 17.7 Å². The monoisotopic (exact) mass is 461 g/mol. The Balaban J connectivity index is 1.80. The molecule has 0 radical (unpaired) electrons. The van der Waals surface area contributed by atoms with Gasteiger partial charge in [-0.3, -0.25) is 9.78 Å². The van der Waals surface area contributed by atoms with Crippen LogP contribution in [0.25, 0.3) is 28.0 Å². The number of halogens is 2. The SMILES string of the molecule is Cn1cc(-c2c(-c3ccc(F)cc3)nc(N)n3nc([C@H](O)c4ncccc4F)nc23)ccc1=O. The maximum Gasteiger partial charge on any atom is 0.250 e. The first kappa shape index (κ1) is 21.3. The fourth-order valence-electron chi connectivity index (χ4n) is 3.63. The van der Waals surface area contributed by atoms with Crippen molar-refractivity contribution < 1.29 is 13.9 Å². The maximum absolute atomic E-state index is 14.2. The number of aromatic nitrogens is 6. The molecule has 4 aromatic heterocycles. The van der Waals surface area contributed by atoms with Gasteiger partial charge in [-0.2, -0.15) is 4.52 Å². The summed E-state index contributed by atoms with van der Waals surface area (Å²) in [5, 5.41) is 15.0. The van der Waals surface area contributed by atoms with E-state index in [-0.39, 0.29) is 28.7 Å². The molecule has 0 saturated heterocycles. The van der Waals surface area contributed by atoms with Gasteiger partial charge in [0.05, 0.1) is 11.3 Å². The first-order chi connectivity index (χ1) is 16.3. The normalized spacial score (nSPS) is 12.2. The van der Waals surface area contributed by atoms with Gasteiger partial charge in [-0.05, 0) is 42.5 Å². The molecule has 0 bridgehead atoms. The second kappa shape index (κ2) is 8.12. The predicted molar refractivity (Wildman–Crippen MR) is 120 cm³/mol. The maximum atomic E-state index is 14.2. The molecule has 0 saturated carbocycles. The lowest BCUT2D eigenvalue weighted by molar-refractivity contribution is 0.199.